The van der Waals surface area contributed by atoms with E-state index >= 15 is 0 Å². The van der Waals surface area contributed by atoms with Crippen molar-refractivity contribution in [2.75, 3.05) is 5.32 Å². The van der Waals surface area contributed by atoms with Gasteiger partial charge >= 0.3 is 0 Å². The van der Waals surface area contributed by atoms with Crippen LogP contribution in [0.5, 0.6) is 0 Å². The number of nitrogens with one attached hydrogen (secondary N) is 1. The summed E-state index contributed by atoms with van der Waals surface area (Å²) in [4.78, 5) is 16.9. The summed E-state index contributed by atoms with van der Waals surface area (Å²) in [5.74, 6) is 0.959. The third-order valence-corrected chi connectivity index (χ3v) is 4.33. The van der Waals surface area contributed by atoms with Crippen molar-refractivity contribution in [1.82, 2.24) is 10.1 Å². The molecule has 0 aliphatic heterocycles. The molecule has 0 saturated carbocycles. The summed E-state index contributed by atoms with van der Waals surface area (Å²) in [6.45, 7) is 0. The van der Waals surface area contributed by atoms with E-state index in [1.165, 1.54) is 0 Å². The van der Waals surface area contributed by atoms with Crippen LogP contribution in [0, 0.1) is 3.57 Å². The molecule has 0 bridgehead atoms. The molecule has 2 aromatic heterocycles. The van der Waals surface area contributed by atoms with E-state index in [4.69, 9.17) is 8.94 Å². The summed E-state index contributed by atoms with van der Waals surface area (Å²) in [6, 6.07) is 18.1. The molecule has 0 aliphatic carbocycles. The molecular formula is C19H12IN3O3. The Morgan fingerprint density at radius 2 is 1.92 bits per heavy atom. The summed E-state index contributed by atoms with van der Waals surface area (Å²) < 4.78 is 11.6. The molecule has 0 fully saturated rings. The molecule has 0 radical (unpaired) electrons. The minimum atomic E-state index is -0.207. The average molecular weight is 457 g/mol. The van der Waals surface area contributed by atoms with Gasteiger partial charge in [0.05, 0.1) is 17.5 Å². The Balaban J connectivity index is 1.64. The minimum Gasteiger partial charge on any atom is -0.461 e. The Hall–Kier alpha value is -2.94. The maximum absolute atomic E-state index is 12.5. The van der Waals surface area contributed by atoms with Gasteiger partial charge in [-0.15, -0.1) is 0 Å². The maximum atomic E-state index is 12.5. The van der Waals surface area contributed by atoms with Crippen LogP contribution >= 0.6 is 22.6 Å². The van der Waals surface area contributed by atoms with Crippen LogP contribution in [0.4, 0.5) is 5.69 Å². The van der Waals surface area contributed by atoms with Crippen LogP contribution in [0.3, 0.4) is 0 Å². The van der Waals surface area contributed by atoms with Crippen molar-refractivity contribution in [3.63, 3.8) is 0 Å². The SMILES string of the molecule is O=C(Nc1ccccc1-c1nc(-c2ccco2)no1)c1cccc(I)c1. The topological polar surface area (TPSA) is 81.2 Å². The van der Waals surface area contributed by atoms with Crippen LogP contribution in [0.2, 0.25) is 0 Å². The number of carbonyl (C=O) groups is 1. The molecule has 0 unspecified atom stereocenters. The van der Waals surface area contributed by atoms with Crippen molar-refractivity contribution in [3.8, 4) is 23.0 Å². The molecular weight excluding hydrogens is 445 g/mol. The fourth-order valence-electron chi connectivity index (χ4n) is 2.44. The number of halogens is 1. The third-order valence-electron chi connectivity index (χ3n) is 3.66. The molecule has 0 spiro atoms. The van der Waals surface area contributed by atoms with Gasteiger partial charge in [0.2, 0.25) is 5.82 Å². The molecule has 6 nitrogen and oxygen atoms in total. The molecule has 2 aromatic carbocycles. The third kappa shape index (κ3) is 3.38. The molecule has 0 atom stereocenters. The summed E-state index contributed by atoms with van der Waals surface area (Å²) in [7, 11) is 0. The molecule has 7 heteroatoms. The van der Waals surface area contributed by atoms with Crippen molar-refractivity contribution >= 4 is 34.2 Å². The molecule has 26 heavy (non-hydrogen) atoms. The number of amides is 1. The normalized spacial score (nSPS) is 10.7. The van der Waals surface area contributed by atoms with Gasteiger partial charge < -0.3 is 14.3 Å². The molecule has 0 aliphatic rings. The highest BCUT2D eigenvalue weighted by Gasteiger charge is 2.17. The van der Waals surface area contributed by atoms with Gasteiger partial charge in [0, 0.05) is 9.13 Å². The van der Waals surface area contributed by atoms with Gasteiger partial charge in [-0.1, -0.05) is 23.4 Å². The van der Waals surface area contributed by atoms with E-state index in [0.717, 1.165) is 3.57 Å². The summed E-state index contributed by atoms with van der Waals surface area (Å²) in [6.07, 6.45) is 1.54. The van der Waals surface area contributed by atoms with Crippen LogP contribution in [-0.2, 0) is 0 Å². The van der Waals surface area contributed by atoms with Gasteiger partial charge in [-0.2, -0.15) is 4.98 Å². The number of carbonyl (C=O) groups excluding carboxylic acids is 1. The predicted octanol–water partition coefficient (Wildman–Crippen LogP) is 4.85. The van der Waals surface area contributed by atoms with Crippen molar-refractivity contribution in [1.29, 1.82) is 0 Å². The molecule has 128 valence electrons. The number of anilines is 1. The molecule has 2 heterocycles. The number of hydrogen-bond acceptors (Lipinski definition) is 5. The van der Waals surface area contributed by atoms with E-state index in [9.17, 15) is 4.79 Å². The van der Waals surface area contributed by atoms with E-state index in [0.29, 0.717) is 34.3 Å². The first-order valence-corrected chi connectivity index (χ1v) is 8.82. The fraction of sp³-hybridized carbons (Fsp3) is 0. The van der Waals surface area contributed by atoms with Crippen molar-refractivity contribution < 1.29 is 13.7 Å². The quantitative estimate of drug-likeness (QED) is 0.443. The van der Waals surface area contributed by atoms with Gasteiger partial charge in [-0.3, -0.25) is 4.79 Å². The van der Waals surface area contributed by atoms with Crippen molar-refractivity contribution in [2.45, 2.75) is 0 Å². The van der Waals surface area contributed by atoms with Gasteiger partial charge in [0.25, 0.3) is 11.8 Å². The zero-order chi connectivity index (χ0) is 17.9. The second kappa shape index (κ2) is 7.12. The Kier molecular flexibility index (Phi) is 4.53. The average Bonchev–Trinajstić information content (AvgIpc) is 3.34. The van der Waals surface area contributed by atoms with Crippen LogP contribution in [0.25, 0.3) is 23.0 Å². The van der Waals surface area contributed by atoms with Crippen LogP contribution in [-0.4, -0.2) is 16.0 Å². The summed E-state index contributed by atoms with van der Waals surface area (Å²) in [5, 5.41) is 6.83. The van der Waals surface area contributed by atoms with Crippen molar-refractivity contribution in [3.05, 3.63) is 76.1 Å². The first-order chi connectivity index (χ1) is 12.7. The summed E-state index contributed by atoms with van der Waals surface area (Å²) in [5.41, 5.74) is 1.80. The van der Waals surface area contributed by atoms with E-state index < -0.39 is 0 Å². The van der Waals surface area contributed by atoms with Crippen molar-refractivity contribution in [2.24, 2.45) is 0 Å². The molecule has 1 amide bonds. The van der Waals surface area contributed by atoms with E-state index in [1.54, 1.807) is 30.5 Å². The number of rotatable bonds is 4. The van der Waals surface area contributed by atoms with E-state index in [1.807, 2.05) is 36.4 Å². The largest absolute Gasteiger partial charge is 0.461 e. The number of nitrogens with zero attached hydrogens (tertiary/aromatic N) is 2. The smallest absolute Gasteiger partial charge is 0.260 e. The first-order valence-electron chi connectivity index (χ1n) is 7.74. The summed E-state index contributed by atoms with van der Waals surface area (Å²) >= 11 is 2.17. The predicted molar refractivity (Wildman–Crippen MR) is 105 cm³/mol. The van der Waals surface area contributed by atoms with Crippen LogP contribution in [0.1, 0.15) is 10.4 Å². The lowest BCUT2D eigenvalue weighted by Crippen LogP contribution is -2.12. The van der Waals surface area contributed by atoms with Gasteiger partial charge in [0.15, 0.2) is 5.76 Å². The molecule has 0 saturated heterocycles. The Labute approximate surface area is 162 Å². The van der Waals surface area contributed by atoms with Crippen LogP contribution < -0.4 is 5.32 Å². The molecule has 1 N–H and O–H groups in total. The highest BCUT2D eigenvalue weighted by atomic mass is 127. The number of hydrogen-bond donors (Lipinski definition) is 1. The van der Waals surface area contributed by atoms with E-state index in [-0.39, 0.29) is 5.91 Å². The van der Waals surface area contributed by atoms with Gasteiger partial charge in [-0.05, 0) is 65.1 Å². The van der Waals surface area contributed by atoms with Gasteiger partial charge in [0.1, 0.15) is 0 Å². The Morgan fingerprint density at radius 3 is 2.73 bits per heavy atom. The lowest BCUT2D eigenvalue weighted by atomic mass is 10.1. The first kappa shape index (κ1) is 16.5. The lowest BCUT2D eigenvalue weighted by Gasteiger charge is -2.08. The Bertz CT molecular complexity index is 1060. The van der Waals surface area contributed by atoms with Crippen LogP contribution in [0.15, 0.2) is 75.9 Å². The number of aromatic nitrogens is 2. The second-order valence-electron chi connectivity index (χ2n) is 5.41. The van der Waals surface area contributed by atoms with Gasteiger partial charge in [-0.25, -0.2) is 0 Å². The number of benzene rings is 2. The number of furan rings is 1. The minimum absolute atomic E-state index is 0.207. The zero-order valence-electron chi connectivity index (χ0n) is 13.3. The maximum Gasteiger partial charge on any atom is 0.260 e. The molecule has 4 rings (SSSR count). The zero-order valence-corrected chi connectivity index (χ0v) is 15.5. The fourth-order valence-corrected chi connectivity index (χ4v) is 2.98. The van der Waals surface area contributed by atoms with E-state index in [2.05, 4.69) is 38.0 Å². The second-order valence-corrected chi connectivity index (χ2v) is 6.66. The monoisotopic (exact) mass is 457 g/mol. The molecule has 4 aromatic rings. The highest BCUT2D eigenvalue weighted by Crippen LogP contribution is 2.29. The lowest BCUT2D eigenvalue weighted by molar-refractivity contribution is 0.102. The number of para-hydroxylation sites is 1. The highest BCUT2D eigenvalue weighted by molar-refractivity contribution is 14.1. The Morgan fingerprint density at radius 1 is 1.04 bits per heavy atom. The standard InChI is InChI=1S/C19H12IN3O3/c20-13-6-3-5-12(11-13)18(24)21-15-8-2-1-7-14(15)19-22-17(23-26-19)16-9-4-10-25-16/h1-11H,(H,21,24).